The molecule has 1 nitrogen and oxygen atoms in total. The van der Waals surface area contributed by atoms with Gasteiger partial charge in [-0.1, -0.05) is 45.7 Å². The quantitative estimate of drug-likeness (QED) is 0.879. The van der Waals surface area contributed by atoms with E-state index in [9.17, 15) is 4.39 Å². The van der Waals surface area contributed by atoms with Gasteiger partial charge in [0.05, 0.1) is 6.04 Å². The predicted molar refractivity (Wildman–Crippen MR) is 71.6 cm³/mol. The highest BCUT2D eigenvalue weighted by Crippen LogP contribution is 2.30. The lowest BCUT2D eigenvalue weighted by Crippen LogP contribution is -2.14. The number of nitrogens with two attached hydrogens (primary N) is 1. The van der Waals surface area contributed by atoms with E-state index in [1.807, 2.05) is 6.07 Å². The fraction of sp³-hybridized carbons (Fsp3) is 0.0769. The highest BCUT2D eigenvalue weighted by Gasteiger charge is 2.16. The SMILES string of the molecule is NC(c1ccccc1F)c1cc(Br)ccc1Cl. The lowest BCUT2D eigenvalue weighted by Gasteiger charge is -2.15. The van der Waals surface area contributed by atoms with Crippen molar-refractivity contribution in [3.63, 3.8) is 0 Å². The van der Waals surface area contributed by atoms with Gasteiger partial charge in [0.25, 0.3) is 0 Å². The van der Waals surface area contributed by atoms with Crippen molar-refractivity contribution in [2.45, 2.75) is 6.04 Å². The summed E-state index contributed by atoms with van der Waals surface area (Å²) in [5.74, 6) is -0.323. The van der Waals surface area contributed by atoms with Crippen molar-refractivity contribution in [2.24, 2.45) is 5.73 Å². The van der Waals surface area contributed by atoms with Crippen LogP contribution >= 0.6 is 27.5 Å². The summed E-state index contributed by atoms with van der Waals surface area (Å²) in [6.07, 6.45) is 0. The highest BCUT2D eigenvalue weighted by atomic mass is 79.9. The molecule has 0 fully saturated rings. The molecule has 0 bridgehead atoms. The van der Waals surface area contributed by atoms with Crippen LogP contribution in [0.15, 0.2) is 46.9 Å². The van der Waals surface area contributed by atoms with Gasteiger partial charge in [-0.15, -0.1) is 0 Å². The van der Waals surface area contributed by atoms with Gasteiger partial charge in [0, 0.05) is 15.1 Å². The van der Waals surface area contributed by atoms with Crippen molar-refractivity contribution >= 4 is 27.5 Å². The molecule has 0 saturated heterocycles. The predicted octanol–water partition coefficient (Wildman–Crippen LogP) is 4.29. The number of benzene rings is 2. The molecule has 88 valence electrons. The Morgan fingerprint density at radius 1 is 1.12 bits per heavy atom. The van der Waals surface area contributed by atoms with Gasteiger partial charge >= 0.3 is 0 Å². The molecule has 0 radical (unpaired) electrons. The topological polar surface area (TPSA) is 26.0 Å². The van der Waals surface area contributed by atoms with E-state index >= 15 is 0 Å². The maximum atomic E-state index is 13.6. The Morgan fingerprint density at radius 3 is 2.53 bits per heavy atom. The zero-order valence-corrected chi connectivity index (χ0v) is 11.2. The van der Waals surface area contributed by atoms with E-state index in [1.54, 1.807) is 30.3 Å². The lowest BCUT2D eigenvalue weighted by atomic mass is 9.99. The molecular weight excluding hydrogens is 305 g/mol. The van der Waals surface area contributed by atoms with Gasteiger partial charge in [-0.2, -0.15) is 0 Å². The Bertz CT molecular complexity index is 545. The summed E-state index contributed by atoms with van der Waals surface area (Å²) in [5.41, 5.74) is 7.18. The molecule has 4 heteroatoms. The smallest absolute Gasteiger partial charge is 0.128 e. The van der Waals surface area contributed by atoms with Crippen molar-refractivity contribution in [3.05, 3.63) is 68.9 Å². The van der Waals surface area contributed by atoms with Gasteiger partial charge in [0.15, 0.2) is 0 Å². The summed E-state index contributed by atoms with van der Waals surface area (Å²) < 4.78 is 14.5. The summed E-state index contributed by atoms with van der Waals surface area (Å²) in [4.78, 5) is 0. The van der Waals surface area contributed by atoms with Gasteiger partial charge in [0.1, 0.15) is 5.82 Å². The first-order chi connectivity index (χ1) is 8.09. The Labute approximate surface area is 113 Å². The van der Waals surface area contributed by atoms with Crippen LogP contribution in [0.5, 0.6) is 0 Å². The standard InChI is InChI=1S/C13H10BrClFN/c14-8-5-6-11(15)10(7-8)13(17)9-3-1-2-4-12(9)16/h1-7,13H,17H2. The number of halogens is 3. The zero-order valence-electron chi connectivity index (χ0n) is 8.83. The summed E-state index contributed by atoms with van der Waals surface area (Å²) in [6.45, 7) is 0. The van der Waals surface area contributed by atoms with E-state index < -0.39 is 6.04 Å². The molecule has 1 atom stereocenters. The number of rotatable bonds is 2. The molecule has 2 aromatic carbocycles. The highest BCUT2D eigenvalue weighted by molar-refractivity contribution is 9.10. The van der Waals surface area contributed by atoms with Gasteiger partial charge in [0.2, 0.25) is 0 Å². The van der Waals surface area contributed by atoms with Crippen LogP contribution in [0.1, 0.15) is 17.2 Å². The van der Waals surface area contributed by atoms with Crippen LogP contribution in [0.25, 0.3) is 0 Å². The van der Waals surface area contributed by atoms with Crippen LogP contribution in [0.2, 0.25) is 5.02 Å². The minimum Gasteiger partial charge on any atom is -0.320 e. The van der Waals surface area contributed by atoms with Gasteiger partial charge in [-0.25, -0.2) is 4.39 Å². The molecule has 0 aromatic heterocycles. The third kappa shape index (κ3) is 2.68. The Morgan fingerprint density at radius 2 is 1.82 bits per heavy atom. The average molecular weight is 315 g/mol. The number of hydrogen-bond donors (Lipinski definition) is 1. The second kappa shape index (κ2) is 5.17. The Kier molecular flexibility index (Phi) is 3.82. The summed E-state index contributed by atoms with van der Waals surface area (Å²) in [7, 11) is 0. The number of hydrogen-bond acceptors (Lipinski definition) is 1. The van der Waals surface area contributed by atoms with Gasteiger partial charge in [-0.3, -0.25) is 0 Å². The molecule has 0 amide bonds. The van der Waals surface area contributed by atoms with Crippen molar-refractivity contribution in [2.75, 3.05) is 0 Å². The first-order valence-corrected chi connectivity index (χ1v) is 6.21. The minimum absolute atomic E-state index is 0.323. The normalized spacial score (nSPS) is 12.5. The van der Waals surface area contributed by atoms with Crippen LogP contribution in [0.3, 0.4) is 0 Å². The fourth-order valence-electron chi connectivity index (χ4n) is 1.65. The largest absolute Gasteiger partial charge is 0.320 e. The van der Waals surface area contributed by atoms with Gasteiger partial charge in [-0.05, 0) is 29.8 Å². The molecular formula is C13H10BrClFN. The van der Waals surface area contributed by atoms with E-state index in [2.05, 4.69) is 15.9 Å². The minimum atomic E-state index is -0.568. The molecule has 0 saturated carbocycles. The van der Waals surface area contributed by atoms with Crippen LogP contribution in [0, 0.1) is 5.82 Å². The third-order valence-corrected chi connectivity index (χ3v) is 3.37. The van der Waals surface area contributed by atoms with Crippen molar-refractivity contribution in [3.8, 4) is 0 Å². The molecule has 0 heterocycles. The van der Waals surface area contributed by atoms with E-state index in [0.717, 1.165) is 4.47 Å². The maximum absolute atomic E-state index is 13.6. The molecule has 2 N–H and O–H groups in total. The maximum Gasteiger partial charge on any atom is 0.128 e. The Balaban J connectivity index is 2.47. The van der Waals surface area contributed by atoms with E-state index in [4.69, 9.17) is 17.3 Å². The first kappa shape index (κ1) is 12.6. The molecule has 0 aliphatic rings. The molecule has 0 aliphatic carbocycles. The van der Waals surface area contributed by atoms with E-state index in [-0.39, 0.29) is 5.82 Å². The summed E-state index contributed by atoms with van der Waals surface area (Å²) >= 11 is 9.42. The average Bonchev–Trinajstić information content (AvgIpc) is 2.32. The molecule has 1 unspecified atom stereocenters. The summed E-state index contributed by atoms with van der Waals surface area (Å²) in [6, 6.07) is 11.2. The fourth-order valence-corrected chi connectivity index (χ4v) is 2.26. The van der Waals surface area contributed by atoms with Gasteiger partial charge < -0.3 is 5.73 Å². The van der Waals surface area contributed by atoms with Crippen molar-refractivity contribution in [1.82, 2.24) is 0 Å². The molecule has 0 aliphatic heterocycles. The summed E-state index contributed by atoms with van der Waals surface area (Å²) in [5, 5.41) is 0.531. The first-order valence-electron chi connectivity index (χ1n) is 5.04. The molecule has 0 spiro atoms. The van der Waals surface area contributed by atoms with Crippen LogP contribution in [0.4, 0.5) is 4.39 Å². The van der Waals surface area contributed by atoms with Crippen molar-refractivity contribution in [1.29, 1.82) is 0 Å². The molecule has 17 heavy (non-hydrogen) atoms. The third-order valence-electron chi connectivity index (χ3n) is 2.53. The second-order valence-electron chi connectivity index (χ2n) is 3.67. The zero-order chi connectivity index (χ0) is 12.4. The molecule has 2 aromatic rings. The molecule has 2 rings (SSSR count). The van der Waals surface area contributed by atoms with E-state index in [1.165, 1.54) is 6.07 Å². The van der Waals surface area contributed by atoms with Crippen LogP contribution in [-0.4, -0.2) is 0 Å². The lowest BCUT2D eigenvalue weighted by molar-refractivity contribution is 0.599. The van der Waals surface area contributed by atoms with Crippen molar-refractivity contribution < 1.29 is 4.39 Å². The van der Waals surface area contributed by atoms with Crippen LogP contribution < -0.4 is 5.73 Å². The second-order valence-corrected chi connectivity index (χ2v) is 4.99. The van der Waals surface area contributed by atoms with Crippen LogP contribution in [-0.2, 0) is 0 Å². The van der Waals surface area contributed by atoms with E-state index in [0.29, 0.717) is 16.1 Å². The monoisotopic (exact) mass is 313 g/mol. The Hall–Kier alpha value is -0.900.